The van der Waals surface area contributed by atoms with Crippen molar-refractivity contribution in [2.24, 2.45) is 0 Å². The first kappa shape index (κ1) is 11.6. The van der Waals surface area contributed by atoms with E-state index in [0.717, 1.165) is 38.4 Å². The van der Waals surface area contributed by atoms with Crippen LogP contribution in [0.1, 0.15) is 0 Å². The van der Waals surface area contributed by atoms with Crippen molar-refractivity contribution in [2.75, 3.05) is 5.73 Å². The van der Waals surface area contributed by atoms with Gasteiger partial charge in [-0.2, -0.15) is 0 Å². The molecular formula is C20H13NO. The molecule has 0 aliphatic rings. The molecular weight excluding hydrogens is 270 g/mol. The third kappa shape index (κ3) is 1.44. The van der Waals surface area contributed by atoms with Crippen molar-refractivity contribution in [1.82, 2.24) is 0 Å². The quantitative estimate of drug-likeness (QED) is 0.382. The summed E-state index contributed by atoms with van der Waals surface area (Å²) in [6, 6.07) is 22.8. The first-order chi connectivity index (χ1) is 10.8. The van der Waals surface area contributed by atoms with Crippen LogP contribution in [0.5, 0.6) is 0 Å². The minimum absolute atomic E-state index is 0.756. The number of hydrogen-bond donors (Lipinski definition) is 1. The lowest BCUT2D eigenvalue weighted by Gasteiger charge is -2.03. The first-order valence-electron chi connectivity index (χ1n) is 7.33. The van der Waals surface area contributed by atoms with Crippen LogP contribution in [0.2, 0.25) is 0 Å². The third-order valence-electron chi connectivity index (χ3n) is 4.38. The summed E-state index contributed by atoms with van der Waals surface area (Å²) in [7, 11) is 0. The first-order valence-corrected chi connectivity index (χ1v) is 7.33. The van der Waals surface area contributed by atoms with Crippen molar-refractivity contribution in [3.63, 3.8) is 0 Å². The third-order valence-corrected chi connectivity index (χ3v) is 4.38. The predicted octanol–water partition coefficient (Wildman–Crippen LogP) is 5.47. The predicted molar refractivity (Wildman–Crippen MR) is 93.1 cm³/mol. The molecule has 2 N–H and O–H groups in total. The number of nitrogen functional groups attached to an aromatic ring is 1. The number of rotatable bonds is 0. The molecule has 0 atom stereocenters. The summed E-state index contributed by atoms with van der Waals surface area (Å²) < 4.78 is 6.07. The lowest BCUT2D eigenvalue weighted by Crippen LogP contribution is -1.86. The van der Waals surface area contributed by atoms with Gasteiger partial charge in [0.2, 0.25) is 0 Å². The van der Waals surface area contributed by atoms with E-state index in [1.807, 2.05) is 24.3 Å². The molecule has 2 heteroatoms. The summed E-state index contributed by atoms with van der Waals surface area (Å²) in [5, 5.41) is 6.91. The second kappa shape index (κ2) is 4.01. The monoisotopic (exact) mass is 283 g/mol. The standard InChI is InChI=1S/C20H13NO/c21-17-11-19-20(15-8-4-3-7-14(15)17)16-9-12-5-1-2-6-13(12)10-18(16)22-19/h1-11H,21H2. The van der Waals surface area contributed by atoms with Gasteiger partial charge >= 0.3 is 0 Å². The zero-order chi connectivity index (χ0) is 14.7. The van der Waals surface area contributed by atoms with E-state index in [1.165, 1.54) is 10.8 Å². The molecule has 0 aliphatic carbocycles. The van der Waals surface area contributed by atoms with Crippen molar-refractivity contribution < 1.29 is 4.42 Å². The van der Waals surface area contributed by atoms with Crippen LogP contribution < -0.4 is 5.73 Å². The highest BCUT2D eigenvalue weighted by atomic mass is 16.3. The molecule has 5 rings (SSSR count). The van der Waals surface area contributed by atoms with Gasteiger partial charge in [-0.05, 0) is 28.3 Å². The molecule has 4 aromatic carbocycles. The van der Waals surface area contributed by atoms with E-state index in [-0.39, 0.29) is 0 Å². The Kier molecular flexibility index (Phi) is 2.12. The van der Waals surface area contributed by atoms with Crippen LogP contribution in [0.3, 0.4) is 0 Å². The number of anilines is 1. The Balaban J connectivity index is 2.09. The zero-order valence-corrected chi connectivity index (χ0v) is 11.8. The van der Waals surface area contributed by atoms with Crippen molar-refractivity contribution in [3.05, 3.63) is 66.7 Å². The highest BCUT2D eigenvalue weighted by Gasteiger charge is 2.13. The summed E-state index contributed by atoms with van der Waals surface area (Å²) in [4.78, 5) is 0. The van der Waals surface area contributed by atoms with Gasteiger partial charge in [0.1, 0.15) is 11.2 Å². The Hall–Kier alpha value is -3.00. The summed E-state index contributed by atoms with van der Waals surface area (Å²) in [6.45, 7) is 0. The Bertz CT molecular complexity index is 1180. The van der Waals surface area contributed by atoms with Crippen LogP contribution in [-0.2, 0) is 0 Å². The number of fused-ring (bicyclic) bond motifs is 6. The molecule has 0 amide bonds. The number of furan rings is 1. The summed E-state index contributed by atoms with van der Waals surface area (Å²) in [5.41, 5.74) is 8.70. The van der Waals surface area contributed by atoms with Crippen LogP contribution in [0.4, 0.5) is 5.69 Å². The van der Waals surface area contributed by atoms with Crippen LogP contribution in [0.15, 0.2) is 71.1 Å². The van der Waals surface area contributed by atoms with E-state index in [2.05, 4.69) is 42.5 Å². The second-order valence-electron chi connectivity index (χ2n) is 5.68. The van der Waals surface area contributed by atoms with Crippen molar-refractivity contribution in [2.45, 2.75) is 0 Å². The van der Waals surface area contributed by atoms with Gasteiger partial charge in [0.25, 0.3) is 0 Å². The zero-order valence-electron chi connectivity index (χ0n) is 11.8. The maximum atomic E-state index is 6.18. The van der Waals surface area contributed by atoms with E-state index in [0.29, 0.717) is 0 Å². The number of hydrogen-bond acceptors (Lipinski definition) is 2. The van der Waals surface area contributed by atoms with E-state index < -0.39 is 0 Å². The van der Waals surface area contributed by atoms with Gasteiger partial charge in [0.05, 0.1) is 0 Å². The van der Waals surface area contributed by atoms with E-state index in [9.17, 15) is 0 Å². The fourth-order valence-electron chi connectivity index (χ4n) is 3.35. The van der Waals surface area contributed by atoms with Crippen LogP contribution in [0, 0.1) is 0 Å². The average Bonchev–Trinajstić information content (AvgIpc) is 2.90. The molecule has 0 fully saturated rings. The van der Waals surface area contributed by atoms with E-state index in [4.69, 9.17) is 10.2 Å². The summed E-state index contributed by atoms with van der Waals surface area (Å²) >= 11 is 0. The largest absolute Gasteiger partial charge is 0.456 e. The fourth-order valence-corrected chi connectivity index (χ4v) is 3.35. The molecule has 0 radical (unpaired) electrons. The Morgan fingerprint density at radius 2 is 1.32 bits per heavy atom. The molecule has 0 unspecified atom stereocenters. The molecule has 104 valence electrons. The maximum Gasteiger partial charge on any atom is 0.138 e. The van der Waals surface area contributed by atoms with Crippen molar-refractivity contribution in [1.29, 1.82) is 0 Å². The molecule has 0 spiro atoms. The van der Waals surface area contributed by atoms with Gasteiger partial charge in [-0.15, -0.1) is 0 Å². The lowest BCUT2D eigenvalue weighted by atomic mass is 10.0. The van der Waals surface area contributed by atoms with Gasteiger partial charge in [0, 0.05) is 27.9 Å². The minimum atomic E-state index is 0.756. The molecule has 2 nitrogen and oxygen atoms in total. The van der Waals surface area contributed by atoms with Gasteiger partial charge in [-0.25, -0.2) is 0 Å². The Morgan fingerprint density at radius 3 is 2.14 bits per heavy atom. The van der Waals surface area contributed by atoms with Crippen LogP contribution in [-0.4, -0.2) is 0 Å². The van der Waals surface area contributed by atoms with E-state index in [1.54, 1.807) is 0 Å². The van der Waals surface area contributed by atoms with Crippen molar-refractivity contribution in [3.8, 4) is 0 Å². The molecule has 5 aromatic rings. The van der Waals surface area contributed by atoms with Gasteiger partial charge < -0.3 is 10.2 Å². The molecule has 0 bridgehead atoms. The maximum absolute atomic E-state index is 6.18. The Morgan fingerprint density at radius 1 is 0.636 bits per heavy atom. The SMILES string of the molecule is Nc1cc2oc3cc4ccccc4cc3c2c2ccccc12. The lowest BCUT2D eigenvalue weighted by molar-refractivity contribution is 0.670. The van der Waals surface area contributed by atoms with E-state index >= 15 is 0 Å². The minimum Gasteiger partial charge on any atom is -0.456 e. The van der Waals surface area contributed by atoms with Crippen LogP contribution in [0.25, 0.3) is 43.5 Å². The Labute approximate surface area is 126 Å². The molecule has 1 heterocycles. The normalized spacial score (nSPS) is 11.8. The topological polar surface area (TPSA) is 39.2 Å². The number of benzene rings is 4. The molecule has 22 heavy (non-hydrogen) atoms. The van der Waals surface area contributed by atoms with Gasteiger partial charge in [-0.1, -0.05) is 48.5 Å². The smallest absolute Gasteiger partial charge is 0.138 e. The highest BCUT2D eigenvalue weighted by molar-refractivity contribution is 6.22. The van der Waals surface area contributed by atoms with Gasteiger partial charge in [-0.3, -0.25) is 0 Å². The summed E-state index contributed by atoms with van der Waals surface area (Å²) in [5.74, 6) is 0. The highest BCUT2D eigenvalue weighted by Crippen LogP contribution is 2.38. The van der Waals surface area contributed by atoms with Crippen molar-refractivity contribution >= 4 is 49.2 Å². The van der Waals surface area contributed by atoms with Gasteiger partial charge in [0.15, 0.2) is 0 Å². The molecule has 1 aromatic heterocycles. The molecule has 0 saturated carbocycles. The molecule has 0 saturated heterocycles. The van der Waals surface area contributed by atoms with Crippen LogP contribution >= 0.6 is 0 Å². The number of nitrogens with two attached hydrogens (primary N) is 1. The molecule has 0 aliphatic heterocycles. The second-order valence-corrected chi connectivity index (χ2v) is 5.68. The average molecular weight is 283 g/mol. The summed E-state index contributed by atoms with van der Waals surface area (Å²) in [6.07, 6.45) is 0. The fraction of sp³-hybridized carbons (Fsp3) is 0.